The van der Waals surface area contributed by atoms with Gasteiger partial charge < -0.3 is 5.32 Å². The highest BCUT2D eigenvalue weighted by Crippen LogP contribution is 2.20. The predicted molar refractivity (Wildman–Crippen MR) is 68.7 cm³/mol. The molecular formula is C13H16N2S. The van der Waals surface area contributed by atoms with Gasteiger partial charge in [-0.25, -0.2) is 4.98 Å². The number of rotatable bonds is 5. The first-order valence-electron chi connectivity index (χ1n) is 5.50. The summed E-state index contributed by atoms with van der Waals surface area (Å²) in [4.78, 5) is 4.36. The summed E-state index contributed by atoms with van der Waals surface area (Å²) in [5, 5.41) is 6.53. The van der Waals surface area contributed by atoms with E-state index in [-0.39, 0.29) is 0 Å². The highest BCUT2D eigenvalue weighted by Gasteiger charge is 2.11. The number of thiazole rings is 1. The van der Waals surface area contributed by atoms with Gasteiger partial charge in [0.15, 0.2) is 0 Å². The van der Waals surface area contributed by atoms with E-state index in [0.717, 1.165) is 12.8 Å². The van der Waals surface area contributed by atoms with Crippen molar-refractivity contribution in [3.8, 4) is 0 Å². The fourth-order valence-electron chi connectivity index (χ4n) is 1.75. The molecule has 84 valence electrons. The van der Waals surface area contributed by atoms with Crippen molar-refractivity contribution in [2.45, 2.75) is 18.9 Å². The third-order valence-corrected chi connectivity index (χ3v) is 3.55. The van der Waals surface area contributed by atoms with Gasteiger partial charge in [0.25, 0.3) is 0 Å². The Kier molecular flexibility index (Phi) is 4.08. The molecule has 0 spiro atoms. The summed E-state index contributed by atoms with van der Waals surface area (Å²) in [5.41, 5.74) is 1.39. The molecule has 1 aromatic carbocycles. The van der Waals surface area contributed by atoms with Crippen molar-refractivity contribution in [1.29, 1.82) is 0 Å². The number of aryl methyl sites for hydroxylation is 1. The van der Waals surface area contributed by atoms with Gasteiger partial charge in [-0.2, -0.15) is 0 Å². The standard InChI is InChI=1S/C13H16N2S/c1-14-12(13-15-9-10-16-13)8-7-11-5-3-2-4-6-11/h2-6,9-10,12,14H,7-8H2,1H3. The van der Waals surface area contributed by atoms with Gasteiger partial charge in [0, 0.05) is 11.6 Å². The minimum atomic E-state index is 0.375. The zero-order valence-electron chi connectivity index (χ0n) is 9.39. The first kappa shape index (κ1) is 11.3. The lowest BCUT2D eigenvalue weighted by molar-refractivity contribution is 0.546. The van der Waals surface area contributed by atoms with Crippen molar-refractivity contribution >= 4 is 11.3 Å². The number of hydrogen-bond acceptors (Lipinski definition) is 3. The van der Waals surface area contributed by atoms with E-state index in [4.69, 9.17) is 0 Å². The lowest BCUT2D eigenvalue weighted by Gasteiger charge is -2.12. The van der Waals surface area contributed by atoms with E-state index in [1.54, 1.807) is 11.3 Å². The van der Waals surface area contributed by atoms with Gasteiger partial charge in [0.2, 0.25) is 0 Å². The summed E-state index contributed by atoms with van der Waals surface area (Å²) in [6.45, 7) is 0. The summed E-state index contributed by atoms with van der Waals surface area (Å²) in [6.07, 6.45) is 4.05. The molecule has 1 N–H and O–H groups in total. The molecule has 1 unspecified atom stereocenters. The molecule has 0 fully saturated rings. The number of nitrogens with one attached hydrogen (secondary N) is 1. The van der Waals surface area contributed by atoms with Gasteiger partial charge in [0.05, 0.1) is 6.04 Å². The van der Waals surface area contributed by atoms with E-state index in [1.807, 2.05) is 18.6 Å². The fraction of sp³-hybridized carbons (Fsp3) is 0.308. The normalized spacial score (nSPS) is 12.6. The Bertz CT molecular complexity index is 397. The van der Waals surface area contributed by atoms with Crippen LogP contribution in [-0.2, 0) is 6.42 Å². The maximum atomic E-state index is 4.36. The van der Waals surface area contributed by atoms with Crippen LogP contribution in [0.5, 0.6) is 0 Å². The molecule has 2 nitrogen and oxygen atoms in total. The van der Waals surface area contributed by atoms with Crippen molar-refractivity contribution in [1.82, 2.24) is 10.3 Å². The van der Waals surface area contributed by atoms with Crippen LogP contribution in [0.3, 0.4) is 0 Å². The van der Waals surface area contributed by atoms with Gasteiger partial charge in [-0.15, -0.1) is 11.3 Å². The Morgan fingerprint density at radius 3 is 2.75 bits per heavy atom. The molecule has 0 saturated carbocycles. The second-order valence-electron chi connectivity index (χ2n) is 3.74. The largest absolute Gasteiger partial charge is 0.311 e. The maximum absolute atomic E-state index is 4.36. The number of nitrogens with zero attached hydrogens (tertiary/aromatic N) is 1. The summed E-state index contributed by atoms with van der Waals surface area (Å²) in [7, 11) is 2.00. The first-order chi connectivity index (χ1) is 7.90. The van der Waals surface area contributed by atoms with Crippen molar-refractivity contribution in [3.05, 3.63) is 52.5 Å². The Hall–Kier alpha value is -1.19. The monoisotopic (exact) mass is 232 g/mol. The molecule has 0 aliphatic carbocycles. The second kappa shape index (κ2) is 5.77. The Balaban J connectivity index is 1.94. The summed E-state index contributed by atoms with van der Waals surface area (Å²) >= 11 is 1.72. The van der Waals surface area contributed by atoms with Gasteiger partial charge in [-0.1, -0.05) is 30.3 Å². The Morgan fingerprint density at radius 1 is 1.31 bits per heavy atom. The van der Waals surface area contributed by atoms with Gasteiger partial charge in [0.1, 0.15) is 5.01 Å². The molecule has 1 aromatic heterocycles. The summed E-state index contributed by atoms with van der Waals surface area (Å²) in [5.74, 6) is 0. The highest BCUT2D eigenvalue weighted by molar-refractivity contribution is 7.09. The zero-order chi connectivity index (χ0) is 11.2. The lowest BCUT2D eigenvalue weighted by atomic mass is 10.1. The summed E-state index contributed by atoms with van der Waals surface area (Å²) < 4.78 is 0. The van der Waals surface area contributed by atoms with Crippen molar-refractivity contribution in [2.24, 2.45) is 0 Å². The molecule has 16 heavy (non-hydrogen) atoms. The molecule has 0 saturated heterocycles. The maximum Gasteiger partial charge on any atom is 0.109 e. The molecular weight excluding hydrogens is 216 g/mol. The van der Waals surface area contributed by atoms with Crippen molar-refractivity contribution in [3.63, 3.8) is 0 Å². The average molecular weight is 232 g/mol. The molecule has 1 heterocycles. The summed E-state index contributed by atoms with van der Waals surface area (Å²) in [6, 6.07) is 11.0. The molecule has 2 rings (SSSR count). The molecule has 0 amide bonds. The minimum Gasteiger partial charge on any atom is -0.311 e. The van der Waals surface area contributed by atoms with E-state index < -0.39 is 0 Å². The van der Waals surface area contributed by atoms with Crippen LogP contribution < -0.4 is 5.32 Å². The molecule has 2 aromatic rings. The van der Waals surface area contributed by atoms with E-state index in [0.29, 0.717) is 6.04 Å². The molecule has 0 bridgehead atoms. The Labute approximate surface area is 100 Å². The molecule has 3 heteroatoms. The number of benzene rings is 1. The zero-order valence-corrected chi connectivity index (χ0v) is 10.2. The highest BCUT2D eigenvalue weighted by atomic mass is 32.1. The van der Waals surface area contributed by atoms with Crippen LogP contribution in [-0.4, -0.2) is 12.0 Å². The average Bonchev–Trinajstić information content (AvgIpc) is 2.85. The smallest absolute Gasteiger partial charge is 0.109 e. The van der Waals surface area contributed by atoms with E-state index in [9.17, 15) is 0 Å². The minimum absolute atomic E-state index is 0.375. The van der Waals surface area contributed by atoms with Crippen molar-refractivity contribution < 1.29 is 0 Å². The number of aromatic nitrogens is 1. The van der Waals surface area contributed by atoms with Crippen LogP contribution in [0.1, 0.15) is 23.0 Å². The Morgan fingerprint density at radius 2 is 2.12 bits per heavy atom. The van der Waals surface area contributed by atoms with Crippen LogP contribution in [0.15, 0.2) is 41.9 Å². The topological polar surface area (TPSA) is 24.9 Å². The van der Waals surface area contributed by atoms with E-state index >= 15 is 0 Å². The molecule has 1 atom stereocenters. The third kappa shape index (κ3) is 2.90. The predicted octanol–water partition coefficient (Wildman–Crippen LogP) is 3.04. The van der Waals surface area contributed by atoms with E-state index in [1.165, 1.54) is 10.6 Å². The quantitative estimate of drug-likeness (QED) is 0.857. The van der Waals surface area contributed by atoms with Crippen LogP contribution in [0, 0.1) is 0 Å². The fourth-order valence-corrected chi connectivity index (χ4v) is 2.54. The number of hydrogen-bond donors (Lipinski definition) is 1. The van der Waals surface area contributed by atoms with Gasteiger partial charge >= 0.3 is 0 Å². The SMILES string of the molecule is CNC(CCc1ccccc1)c1nccs1. The molecule has 0 aliphatic heterocycles. The van der Waals surface area contributed by atoms with Crippen LogP contribution in [0.25, 0.3) is 0 Å². The van der Waals surface area contributed by atoms with Gasteiger partial charge in [-0.3, -0.25) is 0 Å². The molecule has 0 aliphatic rings. The van der Waals surface area contributed by atoms with Gasteiger partial charge in [-0.05, 0) is 25.5 Å². The van der Waals surface area contributed by atoms with Crippen molar-refractivity contribution in [2.75, 3.05) is 7.05 Å². The van der Waals surface area contributed by atoms with E-state index in [2.05, 4.69) is 40.6 Å². The first-order valence-corrected chi connectivity index (χ1v) is 6.38. The third-order valence-electron chi connectivity index (χ3n) is 2.66. The lowest BCUT2D eigenvalue weighted by Crippen LogP contribution is -2.16. The van der Waals surface area contributed by atoms with Crippen LogP contribution in [0.4, 0.5) is 0 Å². The van der Waals surface area contributed by atoms with Crippen LogP contribution >= 0.6 is 11.3 Å². The second-order valence-corrected chi connectivity index (χ2v) is 4.66. The molecule has 0 radical (unpaired) electrons. The van der Waals surface area contributed by atoms with Crippen LogP contribution in [0.2, 0.25) is 0 Å².